The molecule has 1 saturated heterocycles. The number of morpholine rings is 1. The van der Waals surface area contributed by atoms with Crippen molar-refractivity contribution in [1.29, 1.82) is 0 Å². The number of hydrogen-bond donors (Lipinski definition) is 2. The maximum atomic E-state index is 11.5. The summed E-state index contributed by atoms with van der Waals surface area (Å²) in [6, 6.07) is 1.74. The monoisotopic (exact) mass is 250 g/mol. The van der Waals surface area contributed by atoms with Gasteiger partial charge in [-0.05, 0) is 6.92 Å². The molecule has 8 heteroatoms. The molecule has 2 aromatic heterocycles. The van der Waals surface area contributed by atoms with Gasteiger partial charge in [0.15, 0.2) is 5.65 Å². The third-order valence-corrected chi connectivity index (χ3v) is 2.85. The number of ether oxygens (including phenoxy) is 1. The molecule has 0 radical (unpaired) electrons. The van der Waals surface area contributed by atoms with Crippen molar-refractivity contribution in [1.82, 2.24) is 24.6 Å². The number of nitrogens with zero attached hydrogens (tertiary/aromatic N) is 4. The van der Waals surface area contributed by atoms with E-state index in [2.05, 4.69) is 20.6 Å². The van der Waals surface area contributed by atoms with Crippen molar-refractivity contribution in [2.24, 2.45) is 0 Å². The lowest BCUT2D eigenvalue weighted by atomic mass is 10.5. The summed E-state index contributed by atoms with van der Waals surface area (Å²) >= 11 is 0. The van der Waals surface area contributed by atoms with Gasteiger partial charge in [-0.3, -0.25) is 0 Å². The molecule has 3 heterocycles. The van der Waals surface area contributed by atoms with Crippen LogP contribution in [0, 0.1) is 6.92 Å². The quantitative estimate of drug-likeness (QED) is 0.739. The number of hydrazine groups is 1. The topological polar surface area (TPSA) is 87.5 Å². The predicted octanol–water partition coefficient (Wildman–Crippen LogP) is -0.615. The van der Waals surface area contributed by atoms with Crippen LogP contribution in [0.25, 0.3) is 5.65 Å². The van der Waals surface area contributed by atoms with Crippen LogP contribution < -0.4 is 11.1 Å². The highest BCUT2D eigenvalue weighted by Crippen LogP contribution is 2.09. The Morgan fingerprint density at radius 3 is 3.00 bits per heavy atom. The lowest BCUT2D eigenvalue weighted by Crippen LogP contribution is -2.40. The van der Waals surface area contributed by atoms with Gasteiger partial charge in [0.1, 0.15) is 11.6 Å². The number of nitrogens with one attached hydrogen (secondary N) is 2. The maximum Gasteiger partial charge on any atom is 0.349 e. The van der Waals surface area contributed by atoms with Gasteiger partial charge in [0.25, 0.3) is 0 Å². The summed E-state index contributed by atoms with van der Waals surface area (Å²) in [5, 5.41) is 8.37. The summed E-state index contributed by atoms with van der Waals surface area (Å²) in [5.41, 5.74) is 3.48. The van der Waals surface area contributed by atoms with E-state index in [-0.39, 0.29) is 5.69 Å². The second kappa shape index (κ2) is 4.39. The average molecular weight is 250 g/mol. The van der Waals surface area contributed by atoms with Gasteiger partial charge in [-0.15, -0.1) is 0 Å². The largest absolute Gasteiger partial charge is 0.379 e. The third kappa shape index (κ3) is 1.95. The minimum absolute atomic E-state index is 0.270. The van der Waals surface area contributed by atoms with Gasteiger partial charge in [-0.1, -0.05) is 0 Å². The van der Waals surface area contributed by atoms with Crippen molar-refractivity contribution in [3.63, 3.8) is 0 Å². The molecule has 0 saturated carbocycles. The fraction of sp³-hybridized carbons (Fsp3) is 0.500. The first-order valence-electron chi connectivity index (χ1n) is 5.78. The second-order valence-corrected chi connectivity index (χ2v) is 4.12. The van der Waals surface area contributed by atoms with Crippen molar-refractivity contribution in [2.45, 2.75) is 6.92 Å². The molecule has 1 fully saturated rings. The zero-order valence-corrected chi connectivity index (χ0v) is 10.0. The van der Waals surface area contributed by atoms with E-state index in [4.69, 9.17) is 4.74 Å². The molecule has 0 amide bonds. The summed E-state index contributed by atoms with van der Waals surface area (Å²) in [6.07, 6.45) is 0. The average Bonchev–Trinajstić information content (AvgIpc) is 2.72. The lowest BCUT2D eigenvalue weighted by Gasteiger charge is -2.27. The predicted molar refractivity (Wildman–Crippen MR) is 64.4 cm³/mol. The Kier molecular flexibility index (Phi) is 2.73. The van der Waals surface area contributed by atoms with Crippen molar-refractivity contribution in [3.05, 3.63) is 22.4 Å². The summed E-state index contributed by atoms with van der Waals surface area (Å²) < 4.78 is 6.70. The van der Waals surface area contributed by atoms with E-state index in [1.54, 1.807) is 13.0 Å². The molecule has 0 spiro atoms. The fourth-order valence-electron chi connectivity index (χ4n) is 1.99. The first-order valence-corrected chi connectivity index (χ1v) is 5.78. The molecule has 0 unspecified atom stereocenters. The molecule has 96 valence electrons. The highest BCUT2D eigenvalue weighted by molar-refractivity contribution is 5.49. The van der Waals surface area contributed by atoms with Crippen LogP contribution in [-0.4, -0.2) is 50.9 Å². The Labute approximate surface area is 103 Å². The van der Waals surface area contributed by atoms with Gasteiger partial charge in [0.05, 0.1) is 13.2 Å². The molecule has 0 aliphatic carbocycles. The number of fused-ring (bicyclic) bond motifs is 1. The van der Waals surface area contributed by atoms with Crippen LogP contribution >= 0.6 is 0 Å². The number of aromatic nitrogens is 4. The molecule has 0 aromatic carbocycles. The fourth-order valence-corrected chi connectivity index (χ4v) is 1.99. The SMILES string of the molecule is Cc1nc(NN2CCOCC2)cc2n[nH]c(=O)n12. The number of H-pyrrole nitrogens is 1. The van der Waals surface area contributed by atoms with Crippen molar-refractivity contribution in [3.8, 4) is 0 Å². The normalized spacial score (nSPS) is 17.2. The number of aromatic amines is 1. The van der Waals surface area contributed by atoms with Crippen LogP contribution in [0.1, 0.15) is 5.82 Å². The molecule has 0 atom stereocenters. The minimum atomic E-state index is -0.270. The van der Waals surface area contributed by atoms with Crippen LogP contribution in [0.4, 0.5) is 5.82 Å². The van der Waals surface area contributed by atoms with Gasteiger partial charge >= 0.3 is 5.69 Å². The Morgan fingerprint density at radius 1 is 1.44 bits per heavy atom. The molecule has 3 rings (SSSR count). The number of anilines is 1. The first kappa shape index (κ1) is 11.2. The molecule has 2 aromatic rings. The Bertz CT molecular complexity index is 612. The van der Waals surface area contributed by atoms with Gasteiger partial charge in [0.2, 0.25) is 0 Å². The highest BCUT2D eigenvalue weighted by Gasteiger charge is 2.12. The van der Waals surface area contributed by atoms with E-state index >= 15 is 0 Å². The smallest absolute Gasteiger partial charge is 0.349 e. The minimum Gasteiger partial charge on any atom is -0.379 e. The van der Waals surface area contributed by atoms with Gasteiger partial charge in [-0.25, -0.2) is 24.3 Å². The van der Waals surface area contributed by atoms with E-state index in [0.29, 0.717) is 30.5 Å². The third-order valence-electron chi connectivity index (χ3n) is 2.85. The zero-order chi connectivity index (χ0) is 12.5. The summed E-state index contributed by atoms with van der Waals surface area (Å²) in [5.74, 6) is 1.28. The van der Waals surface area contributed by atoms with E-state index in [1.807, 2.05) is 5.01 Å². The highest BCUT2D eigenvalue weighted by atomic mass is 16.5. The number of aryl methyl sites for hydroxylation is 1. The zero-order valence-electron chi connectivity index (χ0n) is 10.0. The van der Waals surface area contributed by atoms with Gasteiger partial charge in [-0.2, -0.15) is 5.10 Å². The number of hydrogen-bond acceptors (Lipinski definition) is 6. The van der Waals surface area contributed by atoms with Crippen LogP contribution in [0.2, 0.25) is 0 Å². The van der Waals surface area contributed by atoms with Crippen molar-refractivity contribution in [2.75, 3.05) is 31.7 Å². The summed E-state index contributed by atoms with van der Waals surface area (Å²) in [7, 11) is 0. The first-order chi connectivity index (χ1) is 8.74. The molecule has 0 bridgehead atoms. The molecule has 2 N–H and O–H groups in total. The Balaban J connectivity index is 1.90. The van der Waals surface area contributed by atoms with E-state index in [9.17, 15) is 4.79 Å². The van der Waals surface area contributed by atoms with Gasteiger partial charge in [0, 0.05) is 19.2 Å². The molecule has 8 nitrogen and oxygen atoms in total. The summed E-state index contributed by atoms with van der Waals surface area (Å²) in [6.45, 7) is 4.79. The van der Waals surface area contributed by atoms with E-state index in [0.717, 1.165) is 13.1 Å². The van der Waals surface area contributed by atoms with Crippen molar-refractivity contribution >= 4 is 11.5 Å². The Hall–Kier alpha value is -1.93. The standard InChI is InChI=1S/C10H14N6O2/c1-7-11-8(14-15-2-4-18-5-3-15)6-9-12-13-10(17)16(7)9/h6,14H,2-5H2,1H3,(H,13,17). The van der Waals surface area contributed by atoms with Crippen molar-refractivity contribution < 1.29 is 4.74 Å². The Morgan fingerprint density at radius 2 is 2.22 bits per heavy atom. The molecule has 18 heavy (non-hydrogen) atoms. The molecule has 1 aliphatic heterocycles. The molecular weight excluding hydrogens is 236 g/mol. The van der Waals surface area contributed by atoms with Crippen LogP contribution in [-0.2, 0) is 4.74 Å². The molecular formula is C10H14N6O2. The van der Waals surface area contributed by atoms with Crippen LogP contribution in [0.3, 0.4) is 0 Å². The number of rotatable bonds is 2. The maximum absolute atomic E-state index is 11.5. The van der Waals surface area contributed by atoms with Crippen LogP contribution in [0.15, 0.2) is 10.9 Å². The lowest BCUT2D eigenvalue weighted by molar-refractivity contribution is 0.0495. The molecule has 1 aliphatic rings. The van der Waals surface area contributed by atoms with Gasteiger partial charge < -0.3 is 10.2 Å². The van der Waals surface area contributed by atoms with Crippen LogP contribution in [0.5, 0.6) is 0 Å². The second-order valence-electron chi connectivity index (χ2n) is 4.12. The van der Waals surface area contributed by atoms with E-state index in [1.165, 1.54) is 4.40 Å². The van der Waals surface area contributed by atoms with E-state index < -0.39 is 0 Å². The summed E-state index contributed by atoms with van der Waals surface area (Å²) in [4.78, 5) is 15.8.